The summed E-state index contributed by atoms with van der Waals surface area (Å²) in [5.41, 5.74) is 1.06. The predicted octanol–water partition coefficient (Wildman–Crippen LogP) is 1.78. The van der Waals surface area contributed by atoms with Crippen molar-refractivity contribution in [2.24, 2.45) is 0 Å². The van der Waals surface area contributed by atoms with Gasteiger partial charge in [-0.05, 0) is 29.8 Å². The zero-order valence-electron chi connectivity index (χ0n) is 13.2. The molecule has 2 rings (SSSR count). The number of nitriles is 1. The maximum atomic E-state index is 12.8. The topological polar surface area (TPSA) is 95.3 Å². The van der Waals surface area contributed by atoms with Crippen LogP contribution >= 0.6 is 0 Å². The zero-order valence-corrected chi connectivity index (χ0v) is 14.8. The van der Waals surface area contributed by atoms with E-state index in [1.807, 2.05) is 6.07 Å². The molecule has 0 heterocycles. The fraction of sp³-hybridized carbons (Fsp3) is 0.188. The van der Waals surface area contributed by atoms with Crippen LogP contribution in [0.25, 0.3) is 0 Å². The first kappa shape index (κ1) is 18.1. The van der Waals surface area contributed by atoms with Gasteiger partial charge in [-0.25, -0.2) is 16.8 Å². The van der Waals surface area contributed by atoms with Gasteiger partial charge in [0.15, 0.2) is 9.84 Å². The van der Waals surface area contributed by atoms with Crippen molar-refractivity contribution in [2.75, 3.05) is 13.3 Å². The minimum Gasteiger partial charge on any atom is -0.224 e. The molecule has 0 atom stereocenters. The van der Waals surface area contributed by atoms with Gasteiger partial charge in [-0.2, -0.15) is 9.57 Å². The lowest BCUT2D eigenvalue weighted by atomic mass is 10.1. The fourth-order valence-corrected chi connectivity index (χ4v) is 4.98. The van der Waals surface area contributed by atoms with Crippen molar-refractivity contribution in [1.82, 2.24) is 4.31 Å². The highest BCUT2D eigenvalue weighted by Crippen LogP contribution is 2.24. The summed E-state index contributed by atoms with van der Waals surface area (Å²) in [7, 11) is -6.31. The maximum absolute atomic E-state index is 12.8. The highest BCUT2D eigenvalue weighted by atomic mass is 32.2. The molecular weight excluding hydrogens is 348 g/mol. The molecule has 24 heavy (non-hydrogen) atoms. The Labute approximate surface area is 141 Å². The second-order valence-electron chi connectivity index (χ2n) is 5.29. The van der Waals surface area contributed by atoms with Gasteiger partial charge in [-0.1, -0.05) is 24.3 Å². The minimum absolute atomic E-state index is 0.0238. The molecular formula is C16H16N2O4S2. The third-order valence-electron chi connectivity index (χ3n) is 3.40. The van der Waals surface area contributed by atoms with E-state index in [1.54, 1.807) is 24.3 Å². The van der Waals surface area contributed by atoms with Gasteiger partial charge in [0.1, 0.15) is 4.90 Å². The lowest BCUT2D eigenvalue weighted by Gasteiger charge is -2.19. The van der Waals surface area contributed by atoms with E-state index >= 15 is 0 Å². The molecule has 0 aliphatic heterocycles. The molecule has 2 aromatic carbocycles. The summed E-state index contributed by atoms with van der Waals surface area (Å²) in [6.45, 7) is 0.0238. The van der Waals surface area contributed by atoms with E-state index < -0.39 is 19.9 Å². The Morgan fingerprint density at radius 1 is 1.00 bits per heavy atom. The molecule has 0 saturated carbocycles. The summed E-state index contributed by atoms with van der Waals surface area (Å²) < 4.78 is 50.3. The van der Waals surface area contributed by atoms with E-state index in [9.17, 15) is 16.8 Å². The molecule has 0 aromatic heterocycles. The van der Waals surface area contributed by atoms with Gasteiger partial charge >= 0.3 is 0 Å². The molecule has 0 N–H and O–H groups in total. The van der Waals surface area contributed by atoms with Gasteiger partial charge in [0.05, 0.1) is 16.5 Å². The van der Waals surface area contributed by atoms with Crippen molar-refractivity contribution in [3.63, 3.8) is 0 Å². The lowest BCUT2D eigenvalue weighted by Crippen LogP contribution is -2.27. The Kier molecular flexibility index (Phi) is 5.08. The highest BCUT2D eigenvalue weighted by molar-refractivity contribution is 7.93. The van der Waals surface area contributed by atoms with Gasteiger partial charge in [0.2, 0.25) is 10.0 Å². The van der Waals surface area contributed by atoms with Crippen LogP contribution in [0.2, 0.25) is 0 Å². The first-order chi connectivity index (χ1) is 11.2. The number of hydrogen-bond acceptors (Lipinski definition) is 5. The van der Waals surface area contributed by atoms with Crippen LogP contribution in [-0.4, -0.2) is 34.4 Å². The maximum Gasteiger partial charge on any atom is 0.244 e. The van der Waals surface area contributed by atoms with Gasteiger partial charge in [0.25, 0.3) is 0 Å². The third kappa shape index (κ3) is 3.82. The van der Waals surface area contributed by atoms with Crippen LogP contribution in [0.5, 0.6) is 0 Å². The second kappa shape index (κ2) is 6.73. The van der Waals surface area contributed by atoms with Crippen LogP contribution in [-0.2, 0) is 26.4 Å². The van der Waals surface area contributed by atoms with Gasteiger partial charge in [-0.15, -0.1) is 0 Å². The molecule has 0 bridgehead atoms. The van der Waals surface area contributed by atoms with Gasteiger partial charge in [0, 0.05) is 19.8 Å². The Bertz CT molecular complexity index is 1010. The van der Waals surface area contributed by atoms with E-state index in [4.69, 9.17) is 5.26 Å². The van der Waals surface area contributed by atoms with Crippen molar-refractivity contribution in [3.05, 3.63) is 59.7 Å². The molecule has 0 spiro atoms. The number of sulfone groups is 1. The SMILES string of the molecule is CN(Cc1cccc(C#N)c1)S(=O)(=O)c1ccccc1S(C)(=O)=O. The lowest BCUT2D eigenvalue weighted by molar-refractivity contribution is 0.464. The molecule has 0 amide bonds. The summed E-state index contributed by atoms with van der Waals surface area (Å²) >= 11 is 0. The van der Waals surface area contributed by atoms with Gasteiger partial charge in [-0.3, -0.25) is 0 Å². The zero-order chi connectivity index (χ0) is 18.0. The van der Waals surface area contributed by atoms with E-state index in [0.29, 0.717) is 11.1 Å². The summed E-state index contributed by atoms with van der Waals surface area (Å²) in [6, 6.07) is 14.1. The van der Waals surface area contributed by atoms with E-state index in [1.165, 1.54) is 31.3 Å². The summed E-state index contributed by atoms with van der Waals surface area (Å²) in [5, 5.41) is 8.91. The minimum atomic E-state index is -4.00. The van der Waals surface area contributed by atoms with Crippen molar-refractivity contribution in [1.29, 1.82) is 5.26 Å². The van der Waals surface area contributed by atoms with Crippen molar-refractivity contribution < 1.29 is 16.8 Å². The Morgan fingerprint density at radius 3 is 2.21 bits per heavy atom. The Balaban J connectivity index is 2.43. The van der Waals surface area contributed by atoms with Crippen LogP contribution in [0, 0.1) is 11.3 Å². The van der Waals surface area contributed by atoms with Crippen molar-refractivity contribution in [2.45, 2.75) is 16.3 Å². The van der Waals surface area contributed by atoms with Crippen LogP contribution in [0.4, 0.5) is 0 Å². The van der Waals surface area contributed by atoms with Crippen molar-refractivity contribution in [3.8, 4) is 6.07 Å². The van der Waals surface area contributed by atoms with E-state index in [0.717, 1.165) is 10.6 Å². The molecule has 0 radical (unpaired) electrons. The number of nitrogens with zero attached hydrogens (tertiary/aromatic N) is 2. The van der Waals surface area contributed by atoms with Crippen LogP contribution in [0.1, 0.15) is 11.1 Å². The molecule has 0 aliphatic rings. The monoisotopic (exact) mass is 364 g/mol. The molecule has 6 nitrogen and oxygen atoms in total. The molecule has 0 saturated heterocycles. The Morgan fingerprint density at radius 2 is 1.62 bits per heavy atom. The van der Waals surface area contributed by atoms with Crippen LogP contribution in [0.3, 0.4) is 0 Å². The summed E-state index contributed by atoms with van der Waals surface area (Å²) in [6.07, 6.45) is 0.970. The largest absolute Gasteiger partial charge is 0.244 e. The smallest absolute Gasteiger partial charge is 0.224 e. The van der Waals surface area contributed by atoms with Crippen LogP contribution < -0.4 is 0 Å². The summed E-state index contributed by atoms with van der Waals surface area (Å²) in [5.74, 6) is 0. The third-order valence-corrected chi connectivity index (χ3v) is 6.54. The van der Waals surface area contributed by atoms with Crippen molar-refractivity contribution >= 4 is 19.9 Å². The highest BCUT2D eigenvalue weighted by Gasteiger charge is 2.27. The fourth-order valence-electron chi connectivity index (χ4n) is 2.22. The number of hydrogen-bond donors (Lipinski definition) is 0. The first-order valence-electron chi connectivity index (χ1n) is 6.91. The average Bonchev–Trinajstić information content (AvgIpc) is 2.54. The second-order valence-corrected chi connectivity index (χ2v) is 9.29. The van der Waals surface area contributed by atoms with Gasteiger partial charge < -0.3 is 0 Å². The molecule has 0 fully saturated rings. The Hall–Kier alpha value is -2.21. The first-order valence-corrected chi connectivity index (χ1v) is 10.2. The quantitative estimate of drug-likeness (QED) is 0.806. The van der Waals surface area contributed by atoms with E-state index in [2.05, 4.69) is 0 Å². The molecule has 0 unspecified atom stereocenters. The number of rotatable bonds is 5. The predicted molar refractivity (Wildman–Crippen MR) is 89.4 cm³/mol. The normalized spacial score (nSPS) is 12.1. The summed E-state index contributed by atoms with van der Waals surface area (Å²) in [4.78, 5) is -0.492. The number of sulfonamides is 1. The van der Waals surface area contributed by atoms with E-state index in [-0.39, 0.29) is 16.3 Å². The number of benzene rings is 2. The molecule has 126 valence electrons. The molecule has 2 aromatic rings. The molecule has 0 aliphatic carbocycles. The average molecular weight is 364 g/mol. The molecule has 8 heteroatoms. The van der Waals surface area contributed by atoms with Crippen LogP contribution in [0.15, 0.2) is 58.3 Å². The standard InChI is InChI=1S/C16H16N2O4S2/c1-18(12-14-7-5-6-13(10-14)11-17)24(21,22)16-9-4-3-8-15(16)23(2,19)20/h3-10H,12H2,1-2H3.